The van der Waals surface area contributed by atoms with E-state index in [0.29, 0.717) is 6.42 Å². The van der Waals surface area contributed by atoms with E-state index in [0.717, 1.165) is 0 Å². The summed E-state index contributed by atoms with van der Waals surface area (Å²) >= 11 is 0. The van der Waals surface area contributed by atoms with Gasteiger partial charge in [0.05, 0.1) is 12.2 Å². The second kappa shape index (κ2) is 4.18. The summed E-state index contributed by atoms with van der Waals surface area (Å²) in [6.45, 7) is 1.81. The Labute approximate surface area is 72.4 Å². The van der Waals surface area contributed by atoms with Gasteiger partial charge >= 0.3 is 0 Å². The third kappa shape index (κ3) is 1.95. The van der Waals surface area contributed by atoms with Gasteiger partial charge in [0.25, 0.3) is 0 Å². The van der Waals surface area contributed by atoms with Crippen LogP contribution in [-0.4, -0.2) is 43.9 Å². The minimum atomic E-state index is -0.554. The largest absolute Gasteiger partial charge is 0.388 e. The number of rotatable bonds is 2. The lowest BCUT2D eigenvalue weighted by molar-refractivity contribution is -0.241. The van der Waals surface area contributed by atoms with E-state index < -0.39 is 6.10 Å². The molecule has 1 aliphatic rings. The van der Waals surface area contributed by atoms with Gasteiger partial charge in [0, 0.05) is 20.6 Å². The van der Waals surface area contributed by atoms with Crippen LogP contribution in [0.15, 0.2) is 0 Å². The zero-order valence-electron chi connectivity index (χ0n) is 7.69. The average molecular weight is 176 g/mol. The predicted octanol–water partition coefficient (Wildman–Crippen LogP) is 0.144. The smallest absolute Gasteiger partial charge is 0.160 e. The van der Waals surface area contributed by atoms with E-state index in [1.165, 1.54) is 0 Å². The van der Waals surface area contributed by atoms with Gasteiger partial charge in [0.1, 0.15) is 6.10 Å². The highest BCUT2D eigenvalue weighted by atomic mass is 16.7. The van der Waals surface area contributed by atoms with Crippen molar-refractivity contribution >= 4 is 0 Å². The number of hydrogen-bond acceptors (Lipinski definition) is 4. The average Bonchev–Trinajstić information content (AvgIpc) is 2.09. The van der Waals surface area contributed by atoms with Gasteiger partial charge in [0.15, 0.2) is 6.29 Å². The molecule has 4 heteroatoms. The molecule has 4 nitrogen and oxygen atoms in total. The molecular weight excluding hydrogens is 160 g/mol. The van der Waals surface area contributed by atoms with Crippen LogP contribution in [0.3, 0.4) is 0 Å². The Balaban J connectivity index is 2.52. The summed E-state index contributed by atoms with van der Waals surface area (Å²) < 4.78 is 15.5. The molecule has 1 heterocycles. The van der Waals surface area contributed by atoms with Crippen molar-refractivity contribution in [1.29, 1.82) is 0 Å². The van der Waals surface area contributed by atoms with Crippen LogP contribution in [0.2, 0.25) is 0 Å². The molecule has 0 aromatic heterocycles. The third-order valence-electron chi connectivity index (χ3n) is 2.22. The summed E-state index contributed by atoms with van der Waals surface area (Å²) in [7, 11) is 3.17. The van der Waals surface area contributed by atoms with Crippen molar-refractivity contribution in [3.05, 3.63) is 0 Å². The number of aliphatic hydroxyl groups excluding tert-OH is 1. The van der Waals surface area contributed by atoms with Crippen LogP contribution in [0.25, 0.3) is 0 Å². The summed E-state index contributed by atoms with van der Waals surface area (Å²) in [4.78, 5) is 0. The normalized spacial score (nSPS) is 43.0. The second-order valence-electron chi connectivity index (χ2n) is 3.01. The topological polar surface area (TPSA) is 47.9 Å². The highest BCUT2D eigenvalue weighted by Crippen LogP contribution is 2.22. The van der Waals surface area contributed by atoms with E-state index >= 15 is 0 Å². The molecule has 1 rings (SSSR count). The number of methoxy groups -OCH3 is 2. The van der Waals surface area contributed by atoms with Crippen LogP contribution < -0.4 is 0 Å². The molecule has 12 heavy (non-hydrogen) atoms. The maximum absolute atomic E-state index is 9.55. The van der Waals surface area contributed by atoms with E-state index in [9.17, 15) is 5.11 Å². The molecular formula is C8H16O4. The number of hydrogen-bond donors (Lipinski definition) is 1. The number of aliphatic hydroxyl groups is 1. The molecule has 1 unspecified atom stereocenters. The van der Waals surface area contributed by atoms with Crippen LogP contribution in [0, 0.1) is 0 Å². The van der Waals surface area contributed by atoms with Crippen LogP contribution in [0.5, 0.6) is 0 Å². The Morgan fingerprint density at radius 3 is 2.50 bits per heavy atom. The van der Waals surface area contributed by atoms with Crippen molar-refractivity contribution in [2.24, 2.45) is 0 Å². The molecule has 0 amide bonds. The van der Waals surface area contributed by atoms with Crippen LogP contribution in [0.1, 0.15) is 13.3 Å². The van der Waals surface area contributed by atoms with Gasteiger partial charge in [-0.15, -0.1) is 0 Å². The fourth-order valence-corrected chi connectivity index (χ4v) is 1.39. The van der Waals surface area contributed by atoms with Crippen molar-refractivity contribution in [2.75, 3.05) is 14.2 Å². The lowest BCUT2D eigenvalue weighted by atomic mass is 10.0. The van der Waals surface area contributed by atoms with E-state index in [1.807, 2.05) is 6.92 Å². The molecule has 0 aromatic carbocycles. The molecule has 0 bridgehead atoms. The standard InChI is InChI=1S/C8H16O4/c1-5-8(9)6(10-2)4-7(11-3)12-5/h5-9H,4H2,1-3H3/t5-,6-,7?,8-/m0/s1. The maximum atomic E-state index is 9.55. The first-order valence-corrected chi connectivity index (χ1v) is 4.08. The van der Waals surface area contributed by atoms with Crippen LogP contribution >= 0.6 is 0 Å². The lowest BCUT2D eigenvalue weighted by Crippen LogP contribution is -2.48. The Morgan fingerprint density at radius 2 is 2.00 bits per heavy atom. The van der Waals surface area contributed by atoms with Gasteiger partial charge in [0.2, 0.25) is 0 Å². The van der Waals surface area contributed by atoms with E-state index in [-0.39, 0.29) is 18.5 Å². The molecule has 0 spiro atoms. The second-order valence-corrected chi connectivity index (χ2v) is 3.01. The number of ether oxygens (including phenoxy) is 3. The lowest BCUT2D eigenvalue weighted by Gasteiger charge is -2.36. The van der Waals surface area contributed by atoms with Crippen molar-refractivity contribution in [1.82, 2.24) is 0 Å². The molecule has 0 aliphatic carbocycles. The highest BCUT2D eigenvalue weighted by molar-refractivity contribution is 4.80. The Kier molecular flexibility index (Phi) is 3.46. The monoisotopic (exact) mass is 176 g/mol. The first kappa shape index (κ1) is 9.92. The minimum absolute atomic E-state index is 0.182. The van der Waals surface area contributed by atoms with Gasteiger partial charge in [-0.25, -0.2) is 0 Å². The molecule has 1 N–H and O–H groups in total. The van der Waals surface area contributed by atoms with Gasteiger partial charge in [-0.2, -0.15) is 0 Å². The van der Waals surface area contributed by atoms with E-state index in [2.05, 4.69) is 0 Å². The first-order valence-electron chi connectivity index (χ1n) is 4.08. The van der Waals surface area contributed by atoms with Crippen molar-refractivity contribution in [3.63, 3.8) is 0 Å². The molecule has 4 atom stereocenters. The minimum Gasteiger partial charge on any atom is -0.388 e. The molecule has 72 valence electrons. The molecule has 1 aliphatic heterocycles. The van der Waals surface area contributed by atoms with Crippen LogP contribution in [0.4, 0.5) is 0 Å². The van der Waals surface area contributed by atoms with E-state index in [1.54, 1.807) is 14.2 Å². The summed E-state index contributed by atoms with van der Waals surface area (Å²) in [5.74, 6) is 0. The Bertz CT molecular complexity index is 139. The zero-order chi connectivity index (χ0) is 9.14. The quantitative estimate of drug-likeness (QED) is 0.650. The van der Waals surface area contributed by atoms with Crippen molar-refractivity contribution < 1.29 is 19.3 Å². The fraction of sp³-hybridized carbons (Fsp3) is 1.00. The molecule has 0 aromatic rings. The SMILES string of the molecule is COC1C[C@H](OC)[C@@H](O)[C@H](C)O1. The van der Waals surface area contributed by atoms with Gasteiger partial charge < -0.3 is 19.3 Å². The molecule has 0 radical (unpaired) electrons. The predicted molar refractivity (Wildman–Crippen MR) is 42.8 cm³/mol. The van der Waals surface area contributed by atoms with Crippen LogP contribution in [-0.2, 0) is 14.2 Å². The highest BCUT2D eigenvalue weighted by Gasteiger charge is 2.35. The molecule has 1 fully saturated rings. The van der Waals surface area contributed by atoms with E-state index in [4.69, 9.17) is 14.2 Å². The van der Waals surface area contributed by atoms with Crippen molar-refractivity contribution in [2.45, 2.75) is 37.9 Å². The van der Waals surface area contributed by atoms with Gasteiger partial charge in [-0.1, -0.05) is 0 Å². The first-order chi connectivity index (χ1) is 5.69. The molecule has 0 saturated carbocycles. The Hall–Kier alpha value is -0.160. The van der Waals surface area contributed by atoms with Gasteiger partial charge in [-0.3, -0.25) is 0 Å². The summed E-state index contributed by atoms with van der Waals surface area (Å²) in [5, 5.41) is 9.55. The summed E-state index contributed by atoms with van der Waals surface area (Å²) in [6.07, 6.45) is -0.638. The third-order valence-corrected chi connectivity index (χ3v) is 2.22. The van der Waals surface area contributed by atoms with Gasteiger partial charge in [-0.05, 0) is 6.92 Å². The fourth-order valence-electron chi connectivity index (χ4n) is 1.39. The maximum Gasteiger partial charge on any atom is 0.160 e. The summed E-state index contributed by atoms with van der Waals surface area (Å²) in [5.41, 5.74) is 0. The molecule has 1 saturated heterocycles. The summed E-state index contributed by atoms with van der Waals surface area (Å²) in [6, 6.07) is 0. The van der Waals surface area contributed by atoms with Crippen molar-refractivity contribution in [3.8, 4) is 0 Å². The Morgan fingerprint density at radius 1 is 1.33 bits per heavy atom. The zero-order valence-corrected chi connectivity index (χ0v) is 7.69.